The molecule has 0 aromatic heterocycles. The van der Waals surface area contributed by atoms with Crippen molar-refractivity contribution >= 4 is 23.3 Å². The summed E-state index contributed by atoms with van der Waals surface area (Å²) in [6.45, 7) is 2.29. The number of aliphatic carboxylic acids is 1. The number of hydrogen-bond donors (Lipinski definition) is 1. The third-order valence-corrected chi connectivity index (χ3v) is 5.00. The zero-order valence-corrected chi connectivity index (χ0v) is 13.9. The molecule has 2 aliphatic heterocycles. The number of nitrogens with zero attached hydrogens (tertiary/aromatic N) is 3. The highest BCUT2D eigenvalue weighted by atomic mass is 16.6. The third kappa shape index (κ3) is 3.57. The number of carbonyl (C=O) groups is 2. The molecule has 8 heteroatoms. The molecule has 0 saturated carbocycles. The smallest absolute Gasteiger partial charge is 0.306 e. The molecule has 2 heterocycles. The summed E-state index contributed by atoms with van der Waals surface area (Å²) in [6, 6.07) is 4.63. The van der Waals surface area contributed by atoms with Gasteiger partial charge in [-0.25, -0.2) is 0 Å². The number of benzene rings is 1. The van der Waals surface area contributed by atoms with Crippen molar-refractivity contribution in [2.75, 3.05) is 31.1 Å². The summed E-state index contributed by atoms with van der Waals surface area (Å²) in [7, 11) is 0. The van der Waals surface area contributed by atoms with Gasteiger partial charge in [0.15, 0.2) is 0 Å². The van der Waals surface area contributed by atoms with Crippen molar-refractivity contribution in [2.45, 2.75) is 25.7 Å². The third-order valence-electron chi connectivity index (χ3n) is 5.00. The molecule has 3 rings (SSSR count). The molecule has 2 aliphatic rings. The van der Waals surface area contributed by atoms with Gasteiger partial charge in [0.25, 0.3) is 11.6 Å². The number of carboxylic acids is 1. The minimum atomic E-state index is -0.835. The van der Waals surface area contributed by atoms with Gasteiger partial charge in [0, 0.05) is 37.8 Å². The molecule has 2 fully saturated rings. The number of piperidine rings is 1. The molecule has 0 atom stereocenters. The first-order chi connectivity index (χ1) is 12.0. The Labute approximate surface area is 145 Å². The summed E-state index contributed by atoms with van der Waals surface area (Å²) < 4.78 is 0. The Bertz CT molecular complexity index is 692. The van der Waals surface area contributed by atoms with Gasteiger partial charge in [-0.05, 0) is 37.8 Å². The van der Waals surface area contributed by atoms with Crippen LogP contribution >= 0.6 is 0 Å². The molecule has 8 nitrogen and oxygen atoms in total. The van der Waals surface area contributed by atoms with Crippen LogP contribution in [0.15, 0.2) is 18.2 Å². The van der Waals surface area contributed by atoms with Crippen molar-refractivity contribution in [2.24, 2.45) is 5.92 Å². The summed E-state index contributed by atoms with van der Waals surface area (Å²) in [5, 5.41) is 20.5. The number of nitro groups is 1. The standard InChI is InChI=1S/C17H21N3O5/c21-16(19-9-5-12(6-10-19)17(22)23)13-3-4-14(15(11-13)20(24)25)18-7-1-2-8-18/h3-4,11-12H,1-2,5-10H2,(H,22,23). The molecular formula is C17H21N3O5. The minimum Gasteiger partial charge on any atom is -0.481 e. The van der Waals surface area contributed by atoms with Crippen LogP contribution in [0.2, 0.25) is 0 Å². The number of hydrogen-bond acceptors (Lipinski definition) is 5. The molecule has 0 unspecified atom stereocenters. The van der Waals surface area contributed by atoms with E-state index in [1.165, 1.54) is 6.07 Å². The fraction of sp³-hybridized carbons (Fsp3) is 0.529. The van der Waals surface area contributed by atoms with E-state index < -0.39 is 16.8 Å². The molecule has 0 aliphatic carbocycles. The van der Waals surface area contributed by atoms with Gasteiger partial charge in [0.05, 0.1) is 10.8 Å². The SMILES string of the molecule is O=C(O)C1CCN(C(=O)c2ccc(N3CCCC3)c([N+](=O)[O-])c2)CC1. The number of carboxylic acid groups (broad SMARTS) is 1. The van der Waals surface area contributed by atoms with Gasteiger partial charge < -0.3 is 14.9 Å². The molecule has 0 radical (unpaired) electrons. The fourth-order valence-electron chi connectivity index (χ4n) is 3.54. The van der Waals surface area contributed by atoms with Crippen LogP contribution in [0.5, 0.6) is 0 Å². The summed E-state index contributed by atoms with van der Waals surface area (Å²) in [5.74, 6) is -1.53. The molecule has 1 amide bonds. The Hall–Kier alpha value is -2.64. The molecule has 1 aromatic rings. The predicted molar refractivity (Wildman–Crippen MR) is 90.8 cm³/mol. The molecule has 0 bridgehead atoms. The normalized spacial score (nSPS) is 18.4. The lowest BCUT2D eigenvalue weighted by Crippen LogP contribution is -2.40. The Morgan fingerprint density at radius 3 is 2.32 bits per heavy atom. The summed E-state index contributed by atoms with van der Waals surface area (Å²) in [4.78, 5) is 38.2. The van der Waals surface area contributed by atoms with Crippen molar-refractivity contribution in [3.8, 4) is 0 Å². The average molecular weight is 347 g/mol. The van der Waals surface area contributed by atoms with Crippen molar-refractivity contribution < 1.29 is 19.6 Å². The largest absolute Gasteiger partial charge is 0.481 e. The van der Waals surface area contributed by atoms with E-state index in [0.717, 1.165) is 25.9 Å². The lowest BCUT2D eigenvalue weighted by Gasteiger charge is -2.30. The summed E-state index contributed by atoms with van der Waals surface area (Å²) >= 11 is 0. The molecular weight excluding hydrogens is 326 g/mol. The Morgan fingerprint density at radius 1 is 1.12 bits per heavy atom. The van der Waals surface area contributed by atoms with Crippen LogP contribution in [0.1, 0.15) is 36.0 Å². The van der Waals surface area contributed by atoms with Crippen molar-refractivity contribution in [3.63, 3.8) is 0 Å². The highest BCUT2D eigenvalue weighted by Crippen LogP contribution is 2.32. The molecule has 1 aromatic carbocycles. The molecule has 25 heavy (non-hydrogen) atoms. The van der Waals surface area contributed by atoms with E-state index in [1.807, 2.05) is 4.90 Å². The first-order valence-electron chi connectivity index (χ1n) is 8.53. The van der Waals surface area contributed by atoms with Crippen molar-refractivity contribution in [3.05, 3.63) is 33.9 Å². The van der Waals surface area contributed by atoms with Crippen LogP contribution in [-0.4, -0.2) is 53.0 Å². The van der Waals surface area contributed by atoms with Crippen LogP contribution in [0.25, 0.3) is 0 Å². The van der Waals surface area contributed by atoms with Crippen LogP contribution < -0.4 is 4.90 Å². The highest BCUT2D eigenvalue weighted by Gasteiger charge is 2.29. The maximum atomic E-state index is 12.6. The van der Waals surface area contributed by atoms with E-state index in [1.54, 1.807) is 17.0 Å². The maximum absolute atomic E-state index is 12.6. The van der Waals surface area contributed by atoms with E-state index in [-0.39, 0.29) is 17.2 Å². The minimum absolute atomic E-state index is 0.0480. The molecule has 2 saturated heterocycles. The number of anilines is 1. The van der Waals surface area contributed by atoms with Gasteiger partial charge in [-0.15, -0.1) is 0 Å². The Kier molecular flexibility index (Phi) is 4.87. The van der Waals surface area contributed by atoms with E-state index >= 15 is 0 Å². The first kappa shape index (κ1) is 17.2. The summed E-state index contributed by atoms with van der Waals surface area (Å²) in [5.41, 5.74) is 0.792. The quantitative estimate of drug-likeness (QED) is 0.661. The van der Waals surface area contributed by atoms with Gasteiger partial charge in [0.2, 0.25) is 0 Å². The highest BCUT2D eigenvalue weighted by molar-refractivity contribution is 5.96. The number of carbonyl (C=O) groups excluding carboxylic acids is 1. The number of nitro benzene ring substituents is 1. The van der Waals surface area contributed by atoms with Gasteiger partial charge in [-0.2, -0.15) is 0 Å². The fourth-order valence-corrected chi connectivity index (χ4v) is 3.54. The predicted octanol–water partition coefficient (Wildman–Crippen LogP) is 2.13. The van der Waals surface area contributed by atoms with Gasteiger partial charge in [-0.1, -0.05) is 0 Å². The molecule has 0 spiro atoms. The second-order valence-electron chi connectivity index (χ2n) is 6.56. The number of rotatable bonds is 4. The van der Waals surface area contributed by atoms with E-state index in [2.05, 4.69) is 0 Å². The van der Waals surface area contributed by atoms with Crippen LogP contribution in [0, 0.1) is 16.0 Å². The first-order valence-corrected chi connectivity index (χ1v) is 8.53. The van der Waals surface area contributed by atoms with E-state index in [4.69, 9.17) is 5.11 Å². The zero-order chi connectivity index (χ0) is 18.0. The second kappa shape index (κ2) is 7.08. The monoisotopic (exact) mass is 347 g/mol. The topological polar surface area (TPSA) is 104 Å². The Morgan fingerprint density at radius 2 is 1.76 bits per heavy atom. The van der Waals surface area contributed by atoms with E-state index in [0.29, 0.717) is 31.6 Å². The van der Waals surface area contributed by atoms with Gasteiger partial charge in [0.1, 0.15) is 5.69 Å². The number of amides is 1. The summed E-state index contributed by atoms with van der Waals surface area (Å²) in [6.07, 6.45) is 2.84. The van der Waals surface area contributed by atoms with Gasteiger partial charge in [-0.3, -0.25) is 19.7 Å². The van der Waals surface area contributed by atoms with Crippen molar-refractivity contribution in [1.29, 1.82) is 0 Å². The van der Waals surface area contributed by atoms with Crippen molar-refractivity contribution in [1.82, 2.24) is 4.90 Å². The number of likely N-dealkylation sites (tertiary alicyclic amines) is 1. The lowest BCUT2D eigenvalue weighted by molar-refractivity contribution is -0.384. The second-order valence-corrected chi connectivity index (χ2v) is 6.56. The Balaban J connectivity index is 1.78. The molecule has 134 valence electrons. The van der Waals surface area contributed by atoms with Crippen LogP contribution in [0.3, 0.4) is 0 Å². The maximum Gasteiger partial charge on any atom is 0.306 e. The van der Waals surface area contributed by atoms with Crippen LogP contribution in [-0.2, 0) is 4.79 Å². The zero-order valence-electron chi connectivity index (χ0n) is 13.9. The van der Waals surface area contributed by atoms with Crippen LogP contribution in [0.4, 0.5) is 11.4 Å². The van der Waals surface area contributed by atoms with E-state index in [9.17, 15) is 19.7 Å². The molecule has 1 N–H and O–H groups in total. The average Bonchev–Trinajstić information content (AvgIpc) is 3.15. The lowest BCUT2D eigenvalue weighted by atomic mass is 9.96. The van der Waals surface area contributed by atoms with Gasteiger partial charge >= 0.3 is 5.97 Å².